The van der Waals surface area contributed by atoms with Gasteiger partial charge in [0, 0.05) is 12.1 Å². The number of likely N-dealkylation sites (N-methyl/N-ethyl adjacent to an activating group) is 1. The zero-order valence-corrected chi connectivity index (χ0v) is 9.20. The number of phenols is 2. The van der Waals surface area contributed by atoms with Gasteiger partial charge in [-0.05, 0) is 50.6 Å². The second-order valence-corrected chi connectivity index (χ2v) is 4.46. The topological polar surface area (TPSA) is 43.7 Å². The first-order valence-corrected chi connectivity index (χ1v) is 5.28. The molecule has 3 nitrogen and oxygen atoms in total. The fourth-order valence-corrected chi connectivity index (χ4v) is 2.28. The average molecular weight is 207 g/mol. The van der Waals surface area contributed by atoms with Crippen LogP contribution in [0.25, 0.3) is 0 Å². The molecule has 0 spiro atoms. The van der Waals surface area contributed by atoms with Crippen LogP contribution in [0.3, 0.4) is 0 Å². The summed E-state index contributed by atoms with van der Waals surface area (Å²) in [4.78, 5) is 2.20. The molecule has 82 valence electrons. The predicted molar refractivity (Wildman–Crippen MR) is 59.3 cm³/mol. The van der Waals surface area contributed by atoms with E-state index in [4.69, 9.17) is 0 Å². The van der Waals surface area contributed by atoms with E-state index in [0.29, 0.717) is 6.04 Å². The van der Waals surface area contributed by atoms with Crippen molar-refractivity contribution in [3.63, 3.8) is 0 Å². The minimum atomic E-state index is 0.158. The van der Waals surface area contributed by atoms with E-state index in [1.165, 1.54) is 6.07 Å². The Morgan fingerprint density at radius 1 is 1.27 bits per heavy atom. The van der Waals surface area contributed by atoms with Crippen molar-refractivity contribution >= 4 is 0 Å². The average Bonchev–Trinajstić information content (AvgIpc) is 2.16. The summed E-state index contributed by atoms with van der Waals surface area (Å²) in [6.07, 6.45) is 2.87. The van der Waals surface area contributed by atoms with Gasteiger partial charge < -0.3 is 15.1 Å². The third-order valence-corrected chi connectivity index (χ3v) is 3.22. The minimum Gasteiger partial charge on any atom is -0.508 e. The SMILES string of the molecule is CN(C)C1CCc2c(O)cc(O)cc2C1. The highest BCUT2D eigenvalue weighted by Crippen LogP contribution is 2.33. The van der Waals surface area contributed by atoms with Crippen molar-refractivity contribution in [3.8, 4) is 11.5 Å². The van der Waals surface area contributed by atoms with Crippen molar-refractivity contribution in [2.45, 2.75) is 25.3 Å². The first-order chi connectivity index (χ1) is 7.08. The lowest BCUT2D eigenvalue weighted by atomic mass is 9.87. The molecule has 1 aliphatic rings. The van der Waals surface area contributed by atoms with Gasteiger partial charge in [0.2, 0.25) is 0 Å². The van der Waals surface area contributed by atoms with Crippen LogP contribution in [0, 0.1) is 0 Å². The number of benzene rings is 1. The lowest BCUT2D eigenvalue weighted by molar-refractivity contribution is 0.266. The predicted octanol–water partition coefficient (Wildman–Crippen LogP) is 1.52. The highest BCUT2D eigenvalue weighted by Gasteiger charge is 2.22. The largest absolute Gasteiger partial charge is 0.508 e. The third-order valence-electron chi connectivity index (χ3n) is 3.22. The van der Waals surface area contributed by atoms with Gasteiger partial charge in [-0.3, -0.25) is 0 Å². The van der Waals surface area contributed by atoms with Gasteiger partial charge in [0.1, 0.15) is 11.5 Å². The Morgan fingerprint density at radius 2 is 2.00 bits per heavy atom. The second-order valence-electron chi connectivity index (χ2n) is 4.46. The fraction of sp³-hybridized carbons (Fsp3) is 0.500. The maximum atomic E-state index is 9.69. The fourth-order valence-electron chi connectivity index (χ4n) is 2.28. The normalized spacial score (nSPS) is 20.3. The van der Waals surface area contributed by atoms with Crippen LogP contribution in [0.1, 0.15) is 17.5 Å². The first kappa shape index (κ1) is 10.3. The van der Waals surface area contributed by atoms with Crippen LogP contribution >= 0.6 is 0 Å². The molecule has 0 radical (unpaired) electrons. The van der Waals surface area contributed by atoms with Gasteiger partial charge in [-0.15, -0.1) is 0 Å². The monoisotopic (exact) mass is 207 g/mol. The van der Waals surface area contributed by atoms with Crippen LogP contribution in [0.4, 0.5) is 0 Å². The lowest BCUT2D eigenvalue weighted by Crippen LogP contribution is -2.33. The Kier molecular flexibility index (Phi) is 2.57. The summed E-state index contributed by atoms with van der Waals surface area (Å²) >= 11 is 0. The molecule has 2 N–H and O–H groups in total. The highest BCUT2D eigenvalue weighted by molar-refractivity contribution is 5.46. The van der Waals surface area contributed by atoms with Crippen molar-refractivity contribution in [1.82, 2.24) is 4.90 Å². The summed E-state index contributed by atoms with van der Waals surface area (Å²) in [5, 5.41) is 19.1. The highest BCUT2D eigenvalue weighted by atomic mass is 16.3. The van der Waals surface area contributed by atoms with Gasteiger partial charge in [0.15, 0.2) is 0 Å². The Hall–Kier alpha value is -1.22. The van der Waals surface area contributed by atoms with Crippen molar-refractivity contribution in [2.24, 2.45) is 0 Å². The summed E-state index contributed by atoms with van der Waals surface area (Å²) in [6, 6.07) is 3.71. The summed E-state index contributed by atoms with van der Waals surface area (Å²) in [7, 11) is 4.14. The van der Waals surface area contributed by atoms with E-state index in [9.17, 15) is 10.2 Å². The summed E-state index contributed by atoms with van der Waals surface area (Å²) < 4.78 is 0. The van der Waals surface area contributed by atoms with E-state index in [0.717, 1.165) is 30.4 Å². The molecule has 3 heteroatoms. The number of rotatable bonds is 1. The molecule has 0 bridgehead atoms. The number of aromatic hydroxyl groups is 2. The first-order valence-electron chi connectivity index (χ1n) is 5.28. The number of hydrogen-bond donors (Lipinski definition) is 2. The molecular weight excluding hydrogens is 190 g/mol. The molecule has 0 aromatic heterocycles. The van der Waals surface area contributed by atoms with Crippen molar-refractivity contribution in [1.29, 1.82) is 0 Å². The van der Waals surface area contributed by atoms with Gasteiger partial charge in [0.05, 0.1) is 0 Å². The van der Waals surface area contributed by atoms with Crippen LogP contribution < -0.4 is 0 Å². The molecule has 2 rings (SSSR count). The van der Waals surface area contributed by atoms with Crippen LogP contribution in [0.5, 0.6) is 11.5 Å². The number of phenolic OH excluding ortho intramolecular Hbond substituents is 2. The second kappa shape index (κ2) is 3.74. The van der Waals surface area contributed by atoms with Crippen LogP contribution in [-0.4, -0.2) is 35.3 Å². The summed E-state index contributed by atoms with van der Waals surface area (Å²) in [5.74, 6) is 0.396. The molecule has 1 unspecified atom stereocenters. The summed E-state index contributed by atoms with van der Waals surface area (Å²) in [5.41, 5.74) is 2.09. The van der Waals surface area contributed by atoms with E-state index < -0.39 is 0 Å². The van der Waals surface area contributed by atoms with Gasteiger partial charge in [-0.2, -0.15) is 0 Å². The van der Waals surface area contributed by atoms with Crippen molar-refractivity contribution in [2.75, 3.05) is 14.1 Å². The number of fused-ring (bicyclic) bond motifs is 1. The van der Waals surface area contributed by atoms with Gasteiger partial charge in [-0.25, -0.2) is 0 Å². The molecule has 15 heavy (non-hydrogen) atoms. The van der Waals surface area contributed by atoms with Crippen LogP contribution in [-0.2, 0) is 12.8 Å². The van der Waals surface area contributed by atoms with Crippen molar-refractivity contribution in [3.05, 3.63) is 23.3 Å². The standard InChI is InChI=1S/C12H17NO2/c1-13(2)9-3-4-11-8(5-9)6-10(14)7-12(11)15/h6-7,9,14-15H,3-5H2,1-2H3. The zero-order chi connectivity index (χ0) is 11.0. The van der Waals surface area contributed by atoms with Crippen LogP contribution in [0.15, 0.2) is 12.1 Å². The third kappa shape index (κ3) is 1.92. The Balaban J connectivity index is 2.33. The zero-order valence-electron chi connectivity index (χ0n) is 9.20. The van der Waals surface area contributed by atoms with E-state index in [1.807, 2.05) is 0 Å². The smallest absolute Gasteiger partial charge is 0.122 e. The van der Waals surface area contributed by atoms with Gasteiger partial charge >= 0.3 is 0 Å². The van der Waals surface area contributed by atoms with Gasteiger partial charge in [0.25, 0.3) is 0 Å². The maximum absolute atomic E-state index is 9.69. The van der Waals surface area contributed by atoms with Gasteiger partial charge in [-0.1, -0.05) is 0 Å². The summed E-state index contributed by atoms with van der Waals surface area (Å²) in [6.45, 7) is 0. The quantitative estimate of drug-likeness (QED) is 0.733. The number of nitrogens with zero attached hydrogens (tertiary/aromatic N) is 1. The molecule has 1 aromatic rings. The molecule has 0 saturated heterocycles. The van der Waals surface area contributed by atoms with E-state index in [2.05, 4.69) is 19.0 Å². The van der Waals surface area contributed by atoms with E-state index >= 15 is 0 Å². The van der Waals surface area contributed by atoms with Crippen LogP contribution in [0.2, 0.25) is 0 Å². The van der Waals surface area contributed by atoms with E-state index in [1.54, 1.807) is 6.07 Å². The molecular formula is C12H17NO2. The Bertz CT molecular complexity index is 374. The number of hydrogen-bond acceptors (Lipinski definition) is 3. The molecule has 0 saturated carbocycles. The Morgan fingerprint density at radius 3 is 2.67 bits per heavy atom. The molecule has 0 amide bonds. The maximum Gasteiger partial charge on any atom is 0.122 e. The molecule has 0 aliphatic heterocycles. The lowest BCUT2D eigenvalue weighted by Gasteiger charge is -2.30. The molecule has 0 heterocycles. The molecule has 1 aromatic carbocycles. The molecule has 1 aliphatic carbocycles. The van der Waals surface area contributed by atoms with E-state index in [-0.39, 0.29) is 11.5 Å². The van der Waals surface area contributed by atoms with Crippen molar-refractivity contribution < 1.29 is 10.2 Å². The Labute approximate surface area is 90.0 Å². The minimum absolute atomic E-state index is 0.158. The molecule has 1 atom stereocenters. The molecule has 0 fully saturated rings.